The van der Waals surface area contributed by atoms with Crippen LogP contribution in [0.5, 0.6) is 0 Å². The van der Waals surface area contributed by atoms with Crippen molar-refractivity contribution in [1.29, 1.82) is 0 Å². The molecule has 0 unspecified atom stereocenters. The normalized spacial score (nSPS) is 18.7. The predicted molar refractivity (Wildman–Crippen MR) is 74.2 cm³/mol. The Labute approximate surface area is 116 Å². The third-order valence-corrected chi connectivity index (χ3v) is 5.80. The second-order valence-corrected chi connectivity index (χ2v) is 7.56. The van der Waals surface area contributed by atoms with Crippen molar-refractivity contribution in [2.45, 2.75) is 39.5 Å². The van der Waals surface area contributed by atoms with Gasteiger partial charge in [-0.05, 0) is 31.1 Å². The molecule has 1 fully saturated rings. The standard InChI is InChI=1S/C13H25NO4S/c1-11(2)12-6-8-14(9-7-12)19(16,17)10-4-5-13(15)18-3/h11-12H,4-10H2,1-3H3. The highest BCUT2D eigenvalue weighted by atomic mass is 32.2. The Balaban J connectivity index is 2.40. The molecule has 0 aliphatic carbocycles. The fourth-order valence-electron chi connectivity index (χ4n) is 2.45. The van der Waals surface area contributed by atoms with E-state index in [0.717, 1.165) is 12.8 Å². The Morgan fingerprint density at radius 1 is 1.32 bits per heavy atom. The average Bonchev–Trinajstić information content (AvgIpc) is 2.38. The van der Waals surface area contributed by atoms with Gasteiger partial charge in [-0.2, -0.15) is 0 Å². The minimum absolute atomic E-state index is 0.0362. The fourth-order valence-corrected chi connectivity index (χ4v) is 3.99. The number of rotatable bonds is 6. The summed E-state index contributed by atoms with van der Waals surface area (Å²) in [4.78, 5) is 11.0. The summed E-state index contributed by atoms with van der Waals surface area (Å²) in [5.41, 5.74) is 0. The van der Waals surface area contributed by atoms with Gasteiger partial charge >= 0.3 is 5.97 Å². The molecule has 1 aliphatic rings. The van der Waals surface area contributed by atoms with Gasteiger partial charge in [-0.25, -0.2) is 12.7 Å². The van der Waals surface area contributed by atoms with Crippen molar-refractivity contribution < 1.29 is 17.9 Å². The zero-order valence-electron chi connectivity index (χ0n) is 12.1. The molecule has 0 spiro atoms. The maximum absolute atomic E-state index is 12.1. The van der Waals surface area contributed by atoms with Gasteiger partial charge in [-0.15, -0.1) is 0 Å². The van der Waals surface area contributed by atoms with Gasteiger partial charge < -0.3 is 4.74 Å². The van der Waals surface area contributed by atoms with Gasteiger partial charge in [0.05, 0.1) is 12.9 Å². The molecule has 112 valence electrons. The first kappa shape index (κ1) is 16.4. The summed E-state index contributed by atoms with van der Waals surface area (Å²) in [6, 6.07) is 0. The van der Waals surface area contributed by atoms with Crippen molar-refractivity contribution in [3.63, 3.8) is 0 Å². The monoisotopic (exact) mass is 291 g/mol. The van der Waals surface area contributed by atoms with Crippen molar-refractivity contribution in [2.75, 3.05) is 26.0 Å². The molecule has 5 nitrogen and oxygen atoms in total. The quantitative estimate of drug-likeness (QED) is 0.698. The molecular weight excluding hydrogens is 266 g/mol. The summed E-state index contributed by atoms with van der Waals surface area (Å²) in [5, 5.41) is 0. The maximum Gasteiger partial charge on any atom is 0.305 e. The van der Waals surface area contributed by atoms with Gasteiger partial charge in [0.2, 0.25) is 10.0 Å². The number of carbonyl (C=O) groups is 1. The van der Waals surface area contributed by atoms with Crippen molar-refractivity contribution in [3.8, 4) is 0 Å². The summed E-state index contributed by atoms with van der Waals surface area (Å²) in [6.07, 6.45) is 2.37. The zero-order chi connectivity index (χ0) is 14.5. The van der Waals surface area contributed by atoms with E-state index in [-0.39, 0.29) is 18.1 Å². The first-order valence-electron chi connectivity index (χ1n) is 6.91. The molecule has 1 saturated heterocycles. The van der Waals surface area contributed by atoms with Crippen LogP contribution >= 0.6 is 0 Å². The molecule has 0 bridgehead atoms. The summed E-state index contributed by atoms with van der Waals surface area (Å²) in [5.74, 6) is 0.925. The van der Waals surface area contributed by atoms with E-state index in [9.17, 15) is 13.2 Å². The lowest BCUT2D eigenvalue weighted by Gasteiger charge is -2.33. The Hall–Kier alpha value is -0.620. The van der Waals surface area contributed by atoms with Crippen LogP contribution in [0, 0.1) is 11.8 Å². The molecular formula is C13H25NO4S. The zero-order valence-corrected chi connectivity index (χ0v) is 12.9. The van der Waals surface area contributed by atoms with Crippen molar-refractivity contribution in [1.82, 2.24) is 4.31 Å². The van der Waals surface area contributed by atoms with Crippen LogP contribution in [0.2, 0.25) is 0 Å². The Morgan fingerprint density at radius 3 is 2.37 bits per heavy atom. The van der Waals surface area contributed by atoms with Crippen LogP contribution in [0.25, 0.3) is 0 Å². The second-order valence-electron chi connectivity index (χ2n) is 5.48. The highest BCUT2D eigenvalue weighted by Gasteiger charge is 2.28. The summed E-state index contributed by atoms with van der Waals surface area (Å²) < 4.78 is 30.3. The molecule has 6 heteroatoms. The smallest absolute Gasteiger partial charge is 0.305 e. The number of methoxy groups -OCH3 is 1. The van der Waals surface area contributed by atoms with E-state index in [2.05, 4.69) is 18.6 Å². The number of hydrogen-bond donors (Lipinski definition) is 0. The third kappa shape index (κ3) is 5.10. The molecule has 1 aliphatic heterocycles. The molecule has 1 rings (SSSR count). The van der Waals surface area contributed by atoms with E-state index in [4.69, 9.17) is 0 Å². The van der Waals surface area contributed by atoms with Crippen LogP contribution in [0.15, 0.2) is 0 Å². The van der Waals surface area contributed by atoms with Gasteiger partial charge in [0.15, 0.2) is 0 Å². The number of ether oxygens (including phenoxy) is 1. The van der Waals surface area contributed by atoms with E-state index >= 15 is 0 Å². The van der Waals surface area contributed by atoms with Gasteiger partial charge in [0.25, 0.3) is 0 Å². The van der Waals surface area contributed by atoms with Gasteiger partial charge in [-0.1, -0.05) is 13.8 Å². The van der Waals surface area contributed by atoms with Crippen LogP contribution in [0.1, 0.15) is 39.5 Å². The number of piperidine rings is 1. The highest BCUT2D eigenvalue weighted by Crippen LogP contribution is 2.26. The second kappa shape index (κ2) is 7.24. The molecule has 0 atom stereocenters. The van der Waals surface area contributed by atoms with Gasteiger partial charge in [0.1, 0.15) is 0 Å². The number of esters is 1. The average molecular weight is 291 g/mol. The number of nitrogens with zero attached hydrogens (tertiary/aromatic N) is 1. The molecule has 0 aromatic carbocycles. The van der Waals surface area contributed by atoms with E-state index in [0.29, 0.717) is 31.3 Å². The summed E-state index contributed by atoms with van der Waals surface area (Å²) >= 11 is 0. The van der Waals surface area contributed by atoms with E-state index in [1.807, 2.05) is 0 Å². The minimum atomic E-state index is -3.21. The molecule has 0 aromatic heterocycles. The Morgan fingerprint density at radius 2 is 1.89 bits per heavy atom. The van der Waals surface area contributed by atoms with Crippen LogP contribution in [0.3, 0.4) is 0 Å². The minimum Gasteiger partial charge on any atom is -0.469 e. The Bertz CT molecular complexity index is 383. The molecule has 1 heterocycles. The summed E-state index contributed by atoms with van der Waals surface area (Å²) in [7, 11) is -1.90. The highest BCUT2D eigenvalue weighted by molar-refractivity contribution is 7.89. The fraction of sp³-hybridized carbons (Fsp3) is 0.923. The molecule has 19 heavy (non-hydrogen) atoms. The first-order valence-corrected chi connectivity index (χ1v) is 8.52. The molecule has 0 amide bonds. The number of sulfonamides is 1. The molecule has 0 radical (unpaired) electrons. The lowest BCUT2D eigenvalue weighted by Crippen LogP contribution is -2.40. The molecule has 0 aromatic rings. The Kier molecular flexibility index (Phi) is 6.26. The van der Waals surface area contributed by atoms with E-state index in [1.165, 1.54) is 7.11 Å². The number of carbonyl (C=O) groups excluding carboxylic acids is 1. The third-order valence-electron chi connectivity index (χ3n) is 3.85. The first-order chi connectivity index (χ1) is 8.86. The maximum atomic E-state index is 12.1. The van der Waals surface area contributed by atoms with Crippen molar-refractivity contribution >= 4 is 16.0 Å². The molecule has 0 saturated carbocycles. The SMILES string of the molecule is COC(=O)CCCS(=O)(=O)N1CCC(C(C)C)CC1. The van der Waals surface area contributed by atoms with E-state index in [1.54, 1.807) is 4.31 Å². The van der Waals surface area contributed by atoms with Gasteiger partial charge in [-0.3, -0.25) is 4.79 Å². The van der Waals surface area contributed by atoms with E-state index < -0.39 is 10.0 Å². The predicted octanol–water partition coefficient (Wildman–Crippen LogP) is 1.64. The van der Waals surface area contributed by atoms with Crippen LogP contribution in [0.4, 0.5) is 0 Å². The lowest BCUT2D eigenvalue weighted by atomic mass is 9.87. The number of hydrogen-bond acceptors (Lipinski definition) is 4. The van der Waals surface area contributed by atoms with Crippen LogP contribution in [-0.2, 0) is 19.6 Å². The van der Waals surface area contributed by atoms with Crippen molar-refractivity contribution in [3.05, 3.63) is 0 Å². The molecule has 0 N–H and O–H groups in total. The van der Waals surface area contributed by atoms with Crippen molar-refractivity contribution in [2.24, 2.45) is 11.8 Å². The van der Waals surface area contributed by atoms with Gasteiger partial charge in [0, 0.05) is 19.5 Å². The summed E-state index contributed by atoms with van der Waals surface area (Å²) in [6.45, 7) is 5.60. The topological polar surface area (TPSA) is 63.7 Å². The van der Waals surface area contributed by atoms with Crippen LogP contribution < -0.4 is 0 Å². The lowest BCUT2D eigenvalue weighted by molar-refractivity contribution is -0.140. The largest absolute Gasteiger partial charge is 0.469 e. The van der Waals surface area contributed by atoms with Crippen LogP contribution in [-0.4, -0.2) is 44.6 Å².